The van der Waals surface area contributed by atoms with Crippen molar-refractivity contribution in [2.45, 2.75) is 18.2 Å². The van der Waals surface area contributed by atoms with Gasteiger partial charge in [0.1, 0.15) is 5.75 Å². The van der Waals surface area contributed by atoms with Gasteiger partial charge in [-0.3, -0.25) is 0 Å². The van der Waals surface area contributed by atoms with Crippen molar-refractivity contribution in [1.29, 1.82) is 0 Å². The number of benzene rings is 2. The van der Waals surface area contributed by atoms with Crippen LogP contribution in [0.2, 0.25) is 5.02 Å². The van der Waals surface area contributed by atoms with E-state index in [-0.39, 0.29) is 4.90 Å². The van der Waals surface area contributed by atoms with E-state index in [1.807, 2.05) is 19.1 Å². The molecule has 2 aromatic carbocycles. The lowest BCUT2D eigenvalue weighted by molar-refractivity contribution is 0.340. The van der Waals surface area contributed by atoms with Crippen molar-refractivity contribution in [3.05, 3.63) is 58.6 Å². The SMILES string of the molecule is CCOc1ccc(Cc2ccccc2S(=O)(=O)NC)cc1Cl. The molecule has 0 aliphatic heterocycles. The molecule has 0 unspecified atom stereocenters. The first-order chi connectivity index (χ1) is 10.5. The van der Waals surface area contributed by atoms with Crippen LogP contribution in [0.3, 0.4) is 0 Å². The van der Waals surface area contributed by atoms with Gasteiger partial charge < -0.3 is 4.74 Å². The number of nitrogens with one attached hydrogen (secondary N) is 1. The zero-order chi connectivity index (χ0) is 16.2. The third kappa shape index (κ3) is 3.80. The Balaban J connectivity index is 2.34. The molecular formula is C16H18ClNO3S. The summed E-state index contributed by atoms with van der Waals surface area (Å²) in [7, 11) is -2.08. The molecule has 0 spiro atoms. The average molecular weight is 340 g/mol. The van der Waals surface area contributed by atoms with Crippen LogP contribution in [-0.4, -0.2) is 22.1 Å². The maximum Gasteiger partial charge on any atom is 0.240 e. The maximum atomic E-state index is 12.1. The first-order valence-electron chi connectivity index (χ1n) is 6.90. The van der Waals surface area contributed by atoms with Crippen LogP contribution in [0.5, 0.6) is 5.75 Å². The molecule has 0 saturated heterocycles. The van der Waals surface area contributed by atoms with Gasteiger partial charge in [0.25, 0.3) is 0 Å². The average Bonchev–Trinajstić information content (AvgIpc) is 2.50. The number of hydrogen-bond acceptors (Lipinski definition) is 3. The van der Waals surface area contributed by atoms with E-state index in [9.17, 15) is 8.42 Å². The Bertz CT molecular complexity index is 760. The Labute approximate surface area is 136 Å². The van der Waals surface area contributed by atoms with E-state index in [0.29, 0.717) is 23.8 Å². The second kappa shape index (κ2) is 7.13. The van der Waals surface area contributed by atoms with Gasteiger partial charge in [-0.05, 0) is 49.7 Å². The van der Waals surface area contributed by atoms with Crippen molar-refractivity contribution in [1.82, 2.24) is 4.72 Å². The standard InChI is InChI=1S/C16H18ClNO3S/c1-3-21-15-9-8-12(11-14(15)17)10-13-6-4-5-7-16(13)22(19,20)18-2/h4-9,11,18H,3,10H2,1-2H3. The van der Waals surface area contributed by atoms with E-state index < -0.39 is 10.0 Å². The summed E-state index contributed by atoms with van der Waals surface area (Å²) in [4.78, 5) is 0.280. The van der Waals surface area contributed by atoms with Crippen LogP contribution < -0.4 is 9.46 Å². The normalized spacial score (nSPS) is 11.4. The van der Waals surface area contributed by atoms with E-state index in [4.69, 9.17) is 16.3 Å². The molecule has 0 radical (unpaired) electrons. The molecule has 0 amide bonds. The molecule has 0 fully saturated rings. The fourth-order valence-corrected chi connectivity index (χ4v) is 3.39. The summed E-state index contributed by atoms with van der Waals surface area (Å²) in [6.07, 6.45) is 0.475. The lowest BCUT2D eigenvalue weighted by Crippen LogP contribution is -2.20. The fraction of sp³-hybridized carbons (Fsp3) is 0.250. The zero-order valence-corrected chi connectivity index (χ0v) is 14.0. The molecular weight excluding hydrogens is 322 g/mol. The van der Waals surface area contributed by atoms with Crippen molar-refractivity contribution in [2.75, 3.05) is 13.7 Å². The summed E-state index contributed by atoms with van der Waals surface area (Å²) >= 11 is 6.18. The van der Waals surface area contributed by atoms with Crippen LogP contribution in [-0.2, 0) is 16.4 Å². The predicted octanol–water partition coefficient (Wildman–Crippen LogP) is 3.24. The molecule has 4 nitrogen and oxygen atoms in total. The second-order valence-corrected chi connectivity index (χ2v) is 6.95. The van der Waals surface area contributed by atoms with E-state index in [2.05, 4.69) is 4.72 Å². The highest BCUT2D eigenvalue weighted by Crippen LogP contribution is 2.27. The minimum Gasteiger partial charge on any atom is -0.492 e. The van der Waals surface area contributed by atoms with E-state index in [1.54, 1.807) is 30.3 Å². The van der Waals surface area contributed by atoms with Crippen molar-refractivity contribution < 1.29 is 13.2 Å². The van der Waals surface area contributed by atoms with Gasteiger partial charge in [-0.1, -0.05) is 35.9 Å². The third-order valence-corrected chi connectivity index (χ3v) is 5.03. The zero-order valence-electron chi connectivity index (χ0n) is 12.5. The van der Waals surface area contributed by atoms with Gasteiger partial charge in [0, 0.05) is 0 Å². The van der Waals surface area contributed by atoms with Gasteiger partial charge >= 0.3 is 0 Å². The summed E-state index contributed by atoms with van der Waals surface area (Å²) in [6, 6.07) is 12.4. The van der Waals surface area contributed by atoms with E-state index in [0.717, 1.165) is 11.1 Å². The molecule has 0 atom stereocenters. The van der Waals surface area contributed by atoms with Crippen molar-refractivity contribution in [3.63, 3.8) is 0 Å². The largest absolute Gasteiger partial charge is 0.492 e. The lowest BCUT2D eigenvalue weighted by atomic mass is 10.0. The monoisotopic (exact) mass is 339 g/mol. The Morgan fingerprint density at radius 3 is 2.55 bits per heavy atom. The minimum absolute atomic E-state index is 0.280. The molecule has 22 heavy (non-hydrogen) atoms. The maximum absolute atomic E-state index is 12.1. The van der Waals surface area contributed by atoms with Crippen molar-refractivity contribution in [2.24, 2.45) is 0 Å². The molecule has 1 N–H and O–H groups in total. The summed E-state index contributed by atoms with van der Waals surface area (Å²) in [5.41, 5.74) is 1.64. The molecule has 2 rings (SSSR count). The van der Waals surface area contributed by atoms with Crippen LogP contribution >= 0.6 is 11.6 Å². The van der Waals surface area contributed by atoms with Crippen molar-refractivity contribution >= 4 is 21.6 Å². The smallest absolute Gasteiger partial charge is 0.240 e. The number of sulfonamides is 1. The molecule has 2 aromatic rings. The summed E-state index contributed by atoms with van der Waals surface area (Å²) < 4.78 is 31.9. The number of rotatable bonds is 6. The highest BCUT2D eigenvalue weighted by Gasteiger charge is 2.16. The highest BCUT2D eigenvalue weighted by atomic mass is 35.5. The van der Waals surface area contributed by atoms with Crippen LogP contribution in [0.1, 0.15) is 18.1 Å². The number of hydrogen-bond donors (Lipinski definition) is 1. The van der Waals surface area contributed by atoms with Gasteiger partial charge in [0.2, 0.25) is 10.0 Å². The van der Waals surface area contributed by atoms with Crippen molar-refractivity contribution in [3.8, 4) is 5.75 Å². The third-order valence-electron chi connectivity index (χ3n) is 3.22. The predicted molar refractivity (Wildman–Crippen MR) is 88.1 cm³/mol. The van der Waals surface area contributed by atoms with Crippen LogP contribution in [0.15, 0.2) is 47.4 Å². The summed E-state index contributed by atoms with van der Waals surface area (Å²) in [5.74, 6) is 0.629. The topological polar surface area (TPSA) is 55.4 Å². The molecule has 0 aromatic heterocycles. The van der Waals surface area contributed by atoms with Gasteiger partial charge in [-0.25, -0.2) is 13.1 Å². The first-order valence-corrected chi connectivity index (χ1v) is 8.76. The first kappa shape index (κ1) is 16.8. The quantitative estimate of drug-likeness (QED) is 0.879. The minimum atomic E-state index is -3.48. The number of halogens is 1. The van der Waals surface area contributed by atoms with Gasteiger partial charge in [0.05, 0.1) is 16.5 Å². The highest BCUT2D eigenvalue weighted by molar-refractivity contribution is 7.89. The molecule has 0 bridgehead atoms. The fourth-order valence-electron chi connectivity index (χ4n) is 2.17. The van der Waals surface area contributed by atoms with E-state index >= 15 is 0 Å². The molecule has 0 aliphatic rings. The molecule has 0 saturated carbocycles. The summed E-state index contributed by atoms with van der Waals surface area (Å²) in [6.45, 7) is 2.44. The molecule has 6 heteroatoms. The van der Waals surface area contributed by atoms with Gasteiger partial charge in [0.15, 0.2) is 0 Å². The second-order valence-electron chi connectivity index (χ2n) is 4.69. The Morgan fingerprint density at radius 2 is 1.91 bits per heavy atom. The van der Waals surface area contributed by atoms with Gasteiger partial charge in [-0.15, -0.1) is 0 Å². The number of ether oxygens (including phenoxy) is 1. The molecule has 118 valence electrons. The lowest BCUT2D eigenvalue weighted by Gasteiger charge is -2.11. The van der Waals surface area contributed by atoms with Crippen LogP contribution in [0, 0.1) is 0 Å². The Morgan fingerprint density at radius 1 is 1.18 bits per heavy atom. The molecule has 0 aliphatic carbocycles. The van der Waals surface area contributed by atoms with Gasteiger partial charge in [-0.2, -0.15) is 0 Å². The Kier molecular flexibility index (Phi) is 5.45. The van der Waals surface area contributed by atoms with Crippen LogP contribution in [0.4, 0.5) is 0 Å². The summed E-state index contributed by atoms with van der Waals surface area (Å²) in [5, 5.41) is 0.522. The van der Waals surface area contributed by atoms with E-state index in [1.165, 1.54) is 7.05 Å². The Hall–Kier alpha value is -1.56. The van der Waals surface area contributed by atoms with Crippen LogP contribution in [0.25, 0.3) is 0 Å². The molecule has 0 heterocycles.